The van der Waals surface area contributed by atoms with Gasteiger partial charge in [0.15, 0.2) is 0 Å². The van der Waals surface area contributed by atoms with Gasteiger partial charge in [-0.15, -0.1) is 0 Å². The van der Waals surface area contributed by atoms with E-state index in [4.69, 9.17) is 0 Å². The second-order valence-corrected chi connectivity index (χ2v) is 16.5. The summed E-state index contributed by atoms with van der Waals surface area (Å²) < 4.78 is 2.48. The van der Waals surface area contributed by atoms with Crippen LogP contribution in [0.5, 0.6) is 0 Å². The molecule has 1 heterocycles. The fraction of sp³-hybridized carbons (Fsp3) is 0.0625. The molecule has 0 fully saturated rings. The van der Waals surface area contributed by atoms with Crippen LogP contribution in [0.2, 0.25) is 0 Å². The van der Waals surface area contributed by atoms with Crippen molar-refractivity contribution in [2.75, 3.05) is 5.32 Å². The molecule has 8 aromatic rings. The molecule has 0 bridgehead atoms. The van der Waals surface area contributed by atoms with Crippen LogP contribution < -0.4 is 5.32 Å². The number of hydrogen-bond acceptors (Lipinski definition) is 1. The van der Waals surface area contributed by atoms with Gasteiger partial charge in [0.2, 0.25) is 0 Å². The van der Waals surface area contributed by atoms with Crippen molar-refractivity contribution in [2.24, 2.45) is 0 Å². The predicted molar refractivity (Wildman–Crippen MR) is 287 cm³/mol. The highest BCUT2D eigenvalue weighted by Gasteiger charge is 2.23. The first-order chi connectivity index (χ1) is 32.6. The van der Waals surface area contributed by atoms with Crippen LogP contribution in [0, 0.1) is 0 Å². The molecule has 1 aliphatic rings. The topological polar surface area (TPSA) is 17.0 Å². The van der Waals surface area contributed by atoms with Crippen molar-refractivity contribution in [2.45, 2.75) is 26.7 Å². The van der Waals surface area contributed by atoms with Crippen molar-refractivity contribution < 1.29 is 0 Å². The van der Waals surface area contributed by atoms with E-state index in [1.54, 1.807) is 0 Å². The van der Waals surface area contributed by atoms with Crippen molar-refractivity contribution in [3.8, 4) is 16.8 Å². The summed E-state index contributed by atoms with van der Waals surface area (Å²) >= 11 is 0. The molecule has 0 radical (unpaired) electrons. The van der Waals surface area contributed by atoms with Gasteiger partial charge in [0.05, 0.1) is 5.52 Å². The molecule has 1 aromatic heterocycles. The van der Waals surface area contributed by atoms with E-state index < -0.39 is 0 Å². The Morgan fingerprint density at radius 1 is 0.621 bits per heavy atom. The highest BCUT2D eigenvalue weighted by Crippen LogP contribution is 2.44. The van der Waals surface area contributed by atoms with Gasteiger partial charge < -0.3 is 9.88 Å². The van der Waals surface area contributed by atoms with Crippen LogP contribution in [0.1, 0.15) is 53.8 Å². The van der Waals surface area contributed by atoms with Gasteiger partial charge >= 0.3 is 0 Å². The number of rotatable bonds is 14. The average Bonchev–Trinajstić information content (AvgIpc) is 3.73. The van der Waals surface area contributed by atoms with Gasteiger partial charge in [-0.2, -0.15) is 0 Å². The first-order valence-electron chi connectivity index (χ1n) is 22.9. The summed E-state index contributed by atoms with van der Waals surface area (Å²) in [6.07, 6.45) is 29.9. The predicted octanol–water partition coefficient (Wildman–Crippen LogP) is 17.3. The second-order valence-electron chi connectivity index (χ2n) is 16.5. The Kier molecular flexibility index (Phi) is 13.4. The van der Waals surface area contributed by atoms with Crippen LogP contribution in [0.3, 0.4) is 0 Å². The zero-order valence-electron chi connectivity index (χ0n) is 37.7. The molecule has 0 spiro atoms. The minimum atomic E-state index is 0.951. The number of benzene rings is 7. The summed E-state index contributed by atoms with van der Waals surface area (Å²) in [6, 6.07) is 60.9. The molecule has 1 aliphatic carbocycles. The summed E-state index contributed by atoms with van der Waals surface area (Å²) in [6.45, 7) is 8.26. The first-order valence-corrected chi connectivity index (χ1v) is 22.9. The Morgan fingerprint density at radius 3 is 2.06 bits per heavy atom. The van der Waals surface area contributed by atoms with Gasteiger partial charge in [0, 0.05) is 34.0 Å². The maximum absolute atomic E-state index is 4.18. The Labute approximate surface area is 390 Å². The van der Waals surface area contributed by atoms with Gasteiger partial charge in [-0.3, -0.25) is 0 Å². The van der Waals surface area contributed by atoms with Crippen LogP contribution in [0.25, 0.3) is 67.4 Å². The van der Waals surface area contributed by atoms with Crippen LogP contribution >= 0.6 is 0 Å². The zero-order chi connectivity index (χ0) is 45.1. The van der Waals surface area contributed by atoms with E-state index >= 15 is 0 Å². The number of para-hydroxylation sites is 1. The molecule has 7 aromatic carbocycles. The Bertz CT molecular complexity index is 3250. The quantitative estimate of drug-likeness (QED) is 0.0852. The number of aryl methyl sites for hydroxylation is 1. The number of anilines is 1. The molecule has 0 atom stereocenters. The van der Waals surface area contributed by atoms with Gasteiger partial charge in [0.1, 0.15) is 0 Å². The largest absolute Gasteiger partial charge is 0.362 e. The van der Waals surface area contributed by atoms with Gasteiger partial charge in [0.25, 0.3) is 0 Å². The Balaban J connectivity index is 1.06. The van der Waals surface area contributed by atoms with E-state index in [0.29, 0.717) is 0 Å². The van der Waals surface area contributed by atoms with Crippen molar-refractivity contribution in [3.63, 3.8) is 0 Å². The number of aromatic nitrogens is 1. The number of nitrogens with one attached hydrogen (secondary N) is 1. The normalized spacial score (nSPS) is 13.5. The third kappa shape index (κ3) is 9.65. The number of fused-ring (bicyclic) bond motifs is 5. The molecule has 0 saturated carbocycles. The lowest BCUT2D eigenvalue weighted by Crippen LogP contribution is -2.00. The molecule has 0 saturated heterocycles. The molecule has 1 N–H and O–H groups in total. The summed E-state index contributed by atoms with van der Waals surface area (Å²) in [5.74, 6) is 0. The van der Waals surface area contributed by atoms with E-state index in [-0.39, 0.29) is 0 Å². The van der Waals surface area contributed by atoms with Crippen LogP contribution in [0.15, 0.2) is 249 Å². The number of allylic oxidation sites excluding steroid dienone is 14. The molecular weight excluding hydrogens is 797 g/mol. The number of hydrogen-bond donors (Lipinski definition) is 1. The molecule has 0 amide bonds. The van der Waals surface area contributed by atoms with E-state index in [0.717, 1.165) is 63.1 Å². The van der Waals surface area contributed by atoms with Crippen LogP contribution in [-0.2, 0) is 6.42 Å². The lowest BCUT2D eigenvalue weighted by Gasteiger charge is -2.13. The average molecular weight is 851 g/mol. The SMILES string of the molecule is C=C(/C=C\C=C/C)/C=C\C(=C/C)c1ccc(\C=C(/C=C(\C=C\Nc2cccc(-c3cc4ccccc4c4c3c3c(n4-c4ccccc4)C=CCC3)c2)c2ccccc2)c2ccccc2)cc1. The molecule has 320 valence electrons. The fourth-order valence-corrected chi connectivity index (χ4v) is 8.90. The molecule has 0 aliphatic heterocycles. The first kappa shape index (κ1) is 43.1. The van der Waals surface area contributed by atoms with E-state index in [2.05, 4.69) is 248 Å². The minimum absolute atomic E-state index is 0.951. The highest BCUT2D eigenvalue weighted by atomic mass is 15.0. The van der Waals surface area contributed by atoms with Crippen molar-refractivity contribution in [1.82, 2.24) is 4.57 Å². The third-order valence-corrected chi connectivity index (χ3v) is 12.1. The summed E-state index contributed by atoms with van der Waals surface area (Å²) in [5, 5.41) is 7.50. The monoisotopic (exact) mass is 850 g/mol. The fourth-order valence-electron chi connectivity index (χ4n) is 8.90. The van der Waals surface area contributed by atoms with Crippen molar-refractivity contribution >= 4 is 56.2 Å². The van der Waals surface area contributed by atoms with Crippen molar-refractivity contribution in [3.05, 3.63) is 282 Å². The second kappa shape index (κ2) is 20.5. The minimum Gasteiger partial charge on any atom is -0.362 e. The van der Waals surface area contributed by atoms with Crippen LogP contribution in [0.4, 0.5) is 5.69 Å². The summed E-state index contributed by atoms with van der Waals surface area (Å²) in [5.41, 5.74) is 17.5. The van der Waals surface area contributed by atoms with Crippen LogP contribution in [-0.4, -0.2) is 4.57 Å². The lowest BCUT2D eigenvalue weighted by atomic mass is 9.92. The summed E-state index contributed by atoms with van der Waals surface area (Å²) in [7, 11) is 0. The smallest absolute Gasteiger partial charge is 0.0622 e. The third-order valence-electron chi connectivity index (χ3n) is 12.1. The van der Waals surface area contributed by atoms with Gasteiger partial charge in [-0.25, -0.2) is 0 Å². The highest BCUT2D eigenvalue weighted by molar-refractivity contribution is 6.16. The van der Waals surface area contributed by atoms with E-state index in [9.17, 15) is 0 Å². The molecule has 9 rings (SSSR count). The lowest BCUT2D eigenvalue weighted by molar-refractivity contribution is 0.968. The molecule has 66 heavy (non-hydrogen) atoms. The Morgan fingerprint density at radius 2 is 1.32 bits per heavy atom. The molecule has 2 nitrogen and oxygen atoms in total. The van der Waals surface area contributed by atoms with Gasteiger partial charge in [-0.1, -0.05) is 195 Å². The maximum atomic E-state index is 4.18. The zero-order valence-corrected chi connectivity index (χ0v) is 37.7. The molecule has 0 unspecified atom stereocenters. The van der Waals surface area contributed by atoms with E-state index in [1.807, 2.05) is 31.2 Å². The molecular formula is C64H54N2. The molecule has 2 heteroatoms. The standard InChI is InChI=1S/C64H54N2/c1-4-6-10-22-47(3)35-38-49(5-2)52-39-36-48(37-40-52)43-56(51-25-13-8-14-26-51)44-53(50-23-11-7-12-24-50)41-42-65-57-29-21-28-54(45-57)61-46-55-27-17-18-32-59(55)64-63(61)60-33-19-20-34-62(60)66(64)58-30-15-9-16-31-58/h4-18,20-32,34-46,65H,3,19,33H2,1-2H3/b6-4-,22-10-,38-35-,42-41+,49-5+,53-44+,56-43+. The number of nitrogens with zero attached hydrogens (tertiary/aromatic N) is 1. The maximum Gasteiger partial charge on any atom is 0.0622 e. The summed E-state index contributed by atoms with van der Waals surface area (Å²) in [4.78, 5) is 0. The van der Waals surface area contributed by atoms with Gasteiger partial charge in [-0.05, 0) is 148 Å². The van der Waals surface area contributed by atoms with E-state index in [1.165, 1.54) is 49.7 Å². The van der Waals surface area contributed by atoms with Crippen molar-refractivity contribution in [1.29, 1.82) is 0 Å². The Hall–Kier alpha value is -8.20.